The molecule has 2 bridgehead atoms. The van der Waals surface area contributed by atoms with Gasteiger partial charge >= 0.3 is 12.2 Å². The minimum Gasteiger partial charge on any atom is -0.461 e. The average Bonchev–Trinajstić information content (AvgIpc) is 3.77. The van der Waals surface area contributed by atoms with Crippen molar-refractivity contribution >= 4 is 43.8 Å². The summed E-state index contributed by atoms with van der Waals surface area (Å²) in [5.41, 5.74) is 3.26. The molecule has 2 unspecified atom stereocenters. The molecule has 6 heterocycles. The van der Waals surface area contributed by atoms with Crippen LogP contribution in [-0.2, 0) is 6.18 Å². The first kappa shape index (κ1) is 29.6. The number of nitrogens with zero attached hydrogens (tertiary/aromatic N) is 5. The van der Waals surface area contributed by atoms with E-state index < -0.39 is 34.8 Å². The molecule has 8 nitrogen and oxygen atoms in total. The quantitative estimate of drug-likeness (QED) is 0.199. The number of rotatable bonds is 5. The van der Waals surface area contributed by atoms with E-state index in [4.69, 9.17) is 10.5 Å². The third-order valence-corrected chi connectivity index (χ3v) is 11.0. The van der Waals surface area contributed by atoms with E-state index in [1.54, 1.807) is 6.07 Å². The van der Waals surface area contributed by atoms with E-state index in [9.17, 15) is 22.8 Å². The zero-order valence-electron chi connectivity index (χ0n) is 24.6. The monoisotopic (exact) mass is 655 g/mol. The second-order valence-electron chi connectivity index (χ2n) is 12.9. The van der Waals surface area contributed by atoms with E-state index in [0.717, 1.165) is 49.6 Å². The number of nitrogen functional groups attached to an aromatic ring is 1. The molecule has 0 amide bonds. The topological polar surface area (TPSA) is 103 Å². The van der Waals surface area contributed by atoms with Gasteiger partial charge in [-0.05, 0) is 55.8 Å². The Bertz CT molecular complexity index is 1910. The van der Waals surface area contributed by atoms with Crippen LogP contribution in [0, 0.1) is 17.1 Å². The number of anilines is 2. The van der Waals surface area contributed by atoms with Crippen molar-refractivity contribution in [3.05, 3.63) is 40.5 Å². The average molecular weight is 656 g/mol. The fourth-order valence-corrected chi connectivity index (χ4v) is 9.01. The fourth-order valence-electron chi connectivity index (χ4n) is 8.05. The number of thiophene rings is 1. The summed E-state index contributed by atoms with van der Waals surface area (Å²) in [5.74, 6) is -1.02. The number of halogens is 5. The molecule has 14 heteroatoms. The van der Waals surface area contributed by atoms with Gasteiger partial charge in [-0.25, -0.2) is 8.78 Å². The van der Waals surface area contributed by atoms with Crippen LogP contribution in [0.25, 0.3) is 32.1 Å². The van der Waals surface area contributed by atoms with E-state index in [1.807, 2.05) is 11.0 Å². The molecule has 0 radical (unpaired) electrons. The van der Waals surface area contributed by atoms with Crippen LogP contribution in [0.1, 0.15) is 43.2 Å². The lowest BCUT2D eigenvalue weighted by atomic mass is 9.93. The minimum absolute atomic E-state index is 0.0202. The highest BCUT2D eigenvalue weighted by molar-refractivity contribution is 7.17. The zero-order valence-corrected chi connectivity index (χ0v) is 25.4. The van der Waals surface area contributed by atoms with Gasteiger partial charge in [-0.3, -0.25) is 4.90 Å². The summed E-state index contributed by atoms with van der Waals surface area (Å²) in [7, 11) is 0. The van der Waals surface area contributed by atoms with E-state index in [1.165, 1.54) is 11.4 Å². The summed E-state index contributed by atoms with van der Waals surface area (Å²) in [5, 5.41) is 14.9. The molecule has 0 aliphatic carbocycles. The van der Waals surface area contributed by atoms with Gasteiger partial charge < -0.3 is 20.7 Å². The van der Waals surface area contributed by atoms with Gasteiger partial charge in [0.25, 0.3) is 0 Å². The van der Waals surface area contributed by atoms with Gasteiger partial charge in [-0.1, -0.05) is 0 Å². The lowest BCUT2D eigenvalue weighted by Crippen LogP contribution is -2.51. The Morgan fingerprint density at radius 1 is 1.17 bits per heavy atom. The lowest BCUT2D eigenvalue weighted by Gasteiger charge is -2.35. The van der Waals surface area contributed by atoms with E-state index in [0.29, 0.717) is 30.8 Å². The maximum absolute atomic E-state index is 16.9. The molecule has 4 saturated heterocycles. The van der Waals surface area contributed by atoms with Crippen LogP contribution >= 0.6 is 11.3 Å². The lowest BCUT2D eigenvalue weighted by molar-refractivity contribution is -0.137. The first-order valence-corrected chi connectivity index (χ1v) is 16.3. The number of alkyl halides is 4. The first-order valence-electron chi connectivity index (χ1n) is 15.4. The molecule has 240 valence electrons. The van der Waals surface area contributed by atoms with Crippen molar-refractivity contribution in [2.24, 2.45) is 0 Å². The predicted molar refractivity (Wildman–Crippen MR) is 165 cm³/mol. The number of hydrogen-bond acceptors (Lipinski definition) is 9. The number of benzene rings is 2. The van der Waals surface area contributed by atoms with Gasteiger partial charge in [0, 0.05) is 64.7 Å². The summed E-state index contributed by atoms with van der Waals surface area (Å²) >= 11 is 1.10. The SMILES string of the molecule is N#Cc1c(N)ccc2scc(-c3c(C(F)(F)F)cc4c(N5CC6CCC(C5)N6)nc(OC[C@@]56CCCN5C[C@H](F)C6)nc4c3F)c12. The predicted octanol–water partition coefficient (Wildman–Crippen LogP) is 6.02. The van der Waals surface area contributed by atoms with Gasteiger partial charge in [-0.2, -0.15) is 28.4 Å². The van der Waals surface area contributed by atoms with Crippen molar-refractivity contribution in [2.75, 3.05) is 43.4 Å². The van der Waals surface area contributed by atoms with Crippen LogP contribution < -0.4 is 20.7 Å². The number of ether oxygens (including phenoxy) is 1. The van der Waals surface area contributed by atoms with Gasteiger partial charge in [0.1, 0.15) is 30.2 Å². The van der Waals surface area contributed by atoms with Crippen molar-refractivity contribution in [3.8, 4) is 23.2 Å². The third-order valence-electron chi connectivity index (χ3n) is 10.1. The molecule has 3 N–H and O–H groups in total. The van der Waals surface area contributed by atoms with Gasteiger partial charge in [0.2, 0.25) is 0 Å². The summed E-state index contributed by atoms with van der Waals surface area (Å²) in [6.45, 7) is 2.11. The molecule has 4 aliphatic rings. The summed E-state index contributed by atoms with van der Waals surface area (Å²) in [4.78, 5) is 13.0. The standard InChI is InChI=1S/C32H30F5N7OS/c33-16-9-31(6-1-7-44(31)11-16)15-45-30-41-28-19(29(42-30)43-12-17-2-3-18(13-43)40-17)8-22(32(35,36)37)26(27(28)34)21-14-46-24-5-4-23(39)20(10-38)25(21)24/h4-5,8,14,16-18,40H,1-3,6-7,9,11-13,15,39H2/t16-,17?,18?,31+/m1/s1. The molecule has 4 fully saturated rings. The number of hydrogen-bond donors (Lipinski definition) is 2. The molecule has 0 saturated carbocycles. The van der Waals surface area contributed by atoms with Crippen LogP contribution in [0.3, 0.4) is 0 Å². The smallest absolute Gasteiger partial charge is 0.417 e. The Hall–Kier alpha value is -3.80. The largest absolute Gasteiger partial charge is 0.461 e. The number of nitrogens with two attached hydrogens (primary N) is 1. The van der Waals surface area contributed by atoms with Crippen molar-refractivity contribution in [2.45, 2.75) is 62.1 Å². The van der Waals surface area contributed by atoms with Crippen molar-refractivity contribution in [1.29, 1.82) is 5.26 Å². The summed E-state index contributed by atoms with van der Waals surface area (Å²) in [6, 6.07) is 6.08. The molecular formula is C32H30F5N7OS. The van der Waals surface area contributed by atoms with Crippen molar-refractivity contribution < 1.29 is 26.7 Å². The molecular weight excluding hydrogens is 625 g/mol. The molecule has 4 aliphatic heterocycles. The second kappa shape index (κ2) is 10.6. The highest BCUT2D eigenvalue weighted by Crippen LogP contribution is 2.48. The van der Waals surface area contributed by atoms with Crippen LogP contribution in [0.15, 0.2) is 23.6 Å². The number of aromatic nitrogens is 2. The molecule has 2 aromatic carbocycles. The van der Waals surface area contributed by atoms with E-state index in [-0.39, 0.29) is 63.6 Å². The molecule has 4 atom stereocenters. The second-order valence-corrected chi connectivity index (χ2v) is 13.8. The van der Waals surface area contributed by atoms with Gasteiger partial charge in [0.15, 0.2) is 5.82 Å². The van der Waals surface area contributed by atoms with Gasteiger partial charge in [0.05, 0.1) is 22.4 Å². The fraction of sp³-hybridized carbons (Fsp3) is 0.469. The number of nitrogens with one attached hydrogen (secondary N) is 1. The Labute approximate surface area is 264 Å². The summed E-state index contributed by atoms with van der Waals surface area (Å²) in [6.07, 6.45) is -2.17. The van der Waals surface area contributed by atoms with Crippen molar-refractivity contribution in [3.63, 3.8) is 0 Å². The summed E-state index contributed by atoms with van der Waals surface area (Å²) < 4.78 is 82.6. The number of piperazine rings is 1. The maximum atomic E-state index is 16.9. The zero-order chi connectivity index (χ0) is 32.0. The van der Waals surface area contributed by atoms with Crippen LogP contribution in [-0.4, -0.2) is 71.4 Å². The maximum Gasteiger partial charge on any atom is 0.417 e. The third kappa shape index (κ3) is 4.65. The molecule has 4 aromatic rings. The Kier molecular flexibility index (Phi) is 6.83. The Morgan fingerprint density at radius 2 is 1.96 bits per heavy atom. The van der Waals surface area contributed by atoms with Crippen LogP contribution in [0.5, 0.6) is 6.01 Å². The number of nitriles is 1. The molecule has 46 heavy (non-hydrogen) atoms. The minimum atomic E-state index is -4.95. The highest BCUT2D eigenvalue weighted by Gasteiger charge is 2.49. The molecule has 8 rings (SSSR count). The van der Waals surface area contributed by atoms with Crippen LogP contribution in [0.2, 0.25) is 0 Å². The number of fused-ring (bicyclic) bond motifs is 5. The normalized spacial score (nSPS) is 26.3. The highest BCUT2D eigenvalue weighted by atomic mass is 32.1. The molecule has 0 spiro atoms. The van der Waals surface area contributed by atoms with Crippen molar-refractivity contribution in [1.82, 2.24) is 20.2 Å². The molecule has 2 aromatic heterocycles. The van der Waals surface area contributed by atoms with Gasteiger partial charge in [-0.15, -0.1) is 11.3 Å². The van der Waals surface area contributed by atoms with Crippen LogP contribution in [0.4, 0.5) is 33.5 Å². The Morgan fingerprint density at radius 3 is 2.70 bits per heavy atom. The first-order chi connectivity index (χ1) is 22.0. The Balaban J connectivity index is 1.33. The van der Waals surface area contributed by atoms with E-state index >= 15 is 4.39 Å². The van der Waals surface area contributed by atoms with E-state index in [2.05, 4.69) is 20.2 Å².